The molecular weight excluding hydrogens is 246 g/mol. The number of benzene rings is 1. The van der Waals surface area contributed by atoms with E-state index in [1.165, 1.54) is 4.90 Å². The molecule has 0 radical (unpaired) electrons. The second-order valence-corrected chi connectivity index (χ2v) is 4.32. The minimum Gasteiger partial charge on any atom is -0.373 e. The van der Waals surface area contributed by atoms with Gasteiger partial charge in [-0.15, -0.1) is 0 Å². The van der Waals surface area contributed by atoms with Crippen LogP contribution in [-0.4, -0.2) is 35.2 Å². The van der Waals surface area contributed by atoms with E-state index < -0.39 is 11.9 Å². The van der Waals surface area contributed by atoms with Crippen molar-refractivity contribution in [1.82, 2.24) is 4.90 Å². The van der Waals surface area contributed by atoms with Crippen LogP contribution in [0.4, 0.5) is 5.69 Å². The summed E-state index contributed by atoms with van der Waals surface area (Å²) in [5.74, 6) is -0.888. The van der Waals surface area contributed by atoms with Crippen LogP contribution in [0.1, 0.15) is 23.7 Å². The molecule has 1 aliphatic rings. The van der Waals surface area contributed by atoms with Gasteiger partial charge in [0, 0.05) is 17.8 Å². The number of hydrogen-bond donors (Lipinski definition) is 2. The molecule has 100 valence electrons. The van der Waals surface area contributed by atoms with E-state index in [4.69, 9.17) is 5.73 Å². The molecule has 1 aliphatic heterocycles. The minimum absolute atomic E-state index is 0.157. The van der Waals surface area contributed by atoms with Crippen LogP contribution in [0.25, 0.3) is 0 Å². The highest BCUT2D eigenvalue weighted by Crippen LogP contribution is 2.18. The zero-order valence-electron chi connectivity index (χ0n) is 10.6. The predicted octanol–water partition coefficient (Wildman–Crippen LogP) is 0.345. The van der Waals surface area contributed by atoms with Crippen LogP contribution in [0.15, 0.2) is 24.3 Å². The summed E-state index contributed by atoms with van der Waals surface area (Å²) in [6.45, 7) is 2.15. The molecule has 6 heteroatoms. The molecule has 1 heterocycles. The summed E-state index contributed by atoms with van der Waals surface area (Å²) in [5.41, 5.74) is 6.21. The number of imide groups is 1. The van der Waals surface area contributed by atoms with Gasteiger partial charge in [0.05, 0.1) is 6.42 Å². The topological polar surface area (TPSA) is 92.5 Å². The Morgan fingerprint density at radius 2 is 2.00 bits per heavy atom. The molecule has 1 saturated heterocycles. The van der Waals surface area contributed by atoms with Gasteiger partial charge in [0.2, 0.25) is 11.8 Å². The molecule has 0 bridgehead atoms. The van der Waals surface area contributed by atoms with Gasteiger partial charge >= 0.3 is 0 Å². The van der Waals surface area contributed by atoms with Crippen molar-refractivity contribution >= 4 is 23.4 Å². The van der Waals surface area contributed by atoms with Gasteiger partial charge in [0.25, 0.3) is 5.91 Å². The number of hydrogen-bond acceptors (Lipinski definition) is 4. The third kappa shape index (κ3) is 2.57. The van der Waals surface area contributed by atoms with Gasteiger partial charge in [-0.05, 0) is 31.2 Å². The number of amides is 3. The molecule has 1 aromatic rings. The van der Waals surface area contributed by atoms with E-state index in [0.29, 0.717) is 17.8 Å². The van der Waals surface area contributed by atoms with Gasteiger partial charge in [-0.2, -0.15) is 0 Å². The van der Waals surface area contributed by atoms with Crippen molar-refractivity contribution < 1.29 is 14.4 Å². The largest absolute Gasteiger partial charge is 0.373 e. The van der Waals surface area contributed by atoms with E-state index >= 15 is 0 Å². The monoisotopic (exact) mass is 261 g/mol. The summed E-state index contributed by atoms with van der Waals surface area (Å²) in [5, 5.41) is 2.99. The molecule has 1 fully saturated rings. The lowest BCUT2D eigenvalue weighted by Crippen LogP contribution is -2.34. The van der Waals surface area contributed by atoms with Crippen LogP contribution < -0.4 is 11.1 Å². The molecular formula is C13H15N3O3. The quantitative estimate of drug-likeness (QED) is 0.765. The van der Waals surface area contributed by atoms with Crippen LogP contribution in [0.2, 0.25) is 0 Å². The number of nitrogens with one attached hydrogen (secondary N) is 1. The van der Waals surface area contributed by atoms with Crippen molar-refractivity contribution in [2.75, 3.05) is 11.9 Å². The molecule has 1 unspecified atom stereocenters. The first-order valence-corrected chi connectivity index (χ1v) is 6.03. The average Bonchev–Trinajstić information content (AvgIpc) is 2.64. The number of anilines is 1. The summed E-state index contributed by atoms with van der Waals surface area (Å²) in [6, 6.07) is 5.93. The van der Waals surface area contributed by atoms with E-state index in [0.717, 1.165) is 0 Å². The maximum absolute atomic E-state index is 11.9. The number of primary amides is 1. The second kappa shape index (κ2) is 5.09. The maximum atomic E-state index is 11.9. The summed E-state index contributed by atoms with van der Waals surface area (Å²) in [6.07, 6.45) is 0.157. The Balaban J connectivity index is 2.08. The van der Waals surface area contributed by atoms with E-state index in [1.54, 1.807) is 31.2 Å². The molecule has 3 N–H and O–H groups in total. The lowest BCUT2D eigenvalue weighted by Gasteiger charge is -2.14. The predicted molar refractivity (Wildman–Crippen MR) is 69.4 cm³/mol. The van der Waals surface area contributed by atoms with Crippen molar-refractivity contribution in [3.8, 4) is 0 Å². The molecule has 1 aromatic carbocycles. The van der Waals surface area contributed by atoms with Gasteiger partial charge in [0.15, 0.2) is 0 Å². The molecule has 0 aliphatic carbocycles. The van der Waals surface area contributed by atoms with E-state index in [-0.39, 0.29) is 18.2 Å². The second-order valence-electron chi connectivity index (χ2n) is 4.32. The number of likely N-dealkylation sites (N-methyl/N-ethyl adjacent to an activating group) is 1. The molecule has 3 amide bonds. The lowest BCUT2D eigenvalue weighted by atomic mass is 10.1. The molecule has 6 nitrogen and oxygen atoms in total. The normalized spacial score (nSPS) is 18.8. The van der Waals surface area contributed by atoms with E-state index in [9.17, 15) is 14.4 Å². The first-order chi connectivity index (χ1) is 9.02. The highest BCUT2D eigenvalue weighted by molar-refractivity contribution is 6.06. The summed E-state index contributed by atoms with van der Waals surface area (Å²) >= 11 is 0. The Bertz CT molecular complexity index is 524. The van der Waals surface area contributed by atoms with Gasteiger partial charge in [-0.1, -0.05) is 0 Å². The van der Waals surface area contributed by atoms with Crippen molar-refractivity contribution in [2.45, 2.75) is 19.4 Å². The molecule has 19 heavy (non-hydrogen) atoms. The third-order valence-electron chi connectivity index (χ3n) is 3.07. The number of nitrogens with zero attached hydrogens (tertiary/aromatic N) is 1. The number of carbonyl (C=O) groups excluding carboxylic acids is 3. The van der Waals surface area contributed by atoms with Crippen LogP contribution in [-0.2, 0) is 9.59 Å². The first-order valence-electron chi connectivity index (χ1n) is 6.03. The van der Waals surface area contributed by atoms with Crippen LogP contribution in [0.5, 0.6) is 0 Å². The van der Waals surface area contributed by atoms with Gasteiger partial charge < -0.3 is 11.1 Å². The molecule has 0 saturated carbocycles. The first kappa shape index (κ1) is 13.1. The van der Waals surface area contributed by atoms with Crippen molar-refractivity contribution in [2.24, 2.45) is 5.73 Å². The van der Waals surface area contributed by atoms with E-state index in [2.05, 4.69) is 5.32 Å². The Kier molecular flexibility index (Phi) is 3.50. The Morgan fingerprint density at radius 3 is 2.47 bits per heavy atom. The smallest absolute Gasteiger partial charge is 0.252 e. The zero-order valence-corrected chi connectivity index (χ0v) is 10.6. The highest BCUT2D eigenvalue weighted by atomic mass is 16.2. The van der Waals surface area contributed by atoms with Crippen molar-refractivity contribution in [1.29, 1.82) is 0 Å². The Labute approximate surface area is 110 Å². The highest BCUT2D eigenvalue weighted by Gasteiger charge is 2.37. The Hall–Kier alpha value is -2.37. The number of carbonyl (C=O) groups is 3. The summed E-state index contributed by atoms with van der Waals surface area (Å²) < 4.78 is 0. The maximum Gasteiger partial charge on any atom is 0.252 e. The molecule has 0 spiro atoms. The van der Waals surface area contributed by atoms with Gasteiger partial charge in [0.1, 0.15) is 6.04 Å². The summed E-state index contributed by atoms with van der Waals surface area (Å²) in [4.78, 5) is 35.6. The van der Waals surface area contributed by atoms with Crippen LogP contribution in [0.3, 0.4) is 0 Å². The minimum atomic E-state index is -0.535. The fourth-order valence-corrected chi connectivity index (χ4v) is 2.06. The van der Waals surface area contributed by atoms with Crippen LogP contribution in [0, 0.1) is 0 Å². The van der Waals surface area contributed by atoms with E-state index in [1.807, 2.05) is 0 Å². The number of nitrogens with two attached hydrogens (primary N) is 1. The van der Waals surface area contributed by atoms with Crippen molar-refractivity contribution in [3.63, 3.8) is 0 Å². The standard InChI is InChI=1S/C13H15N3O3/c1-2-16-11(17)7-10(13(16)19)15-9-5-3-8(4-6-9)12(14)18/h3-6,10,15H,2,7H2,1H3,(H2,14,18). The van der Waals surface area contributed by atoms with Gasteiger partial charge in [-0.3, -0.25) is 19.3 Å². The third-order valence-corrected chi connectivity index (χ3v) is 3.07. The number of rotatable bonds is 4. The average molecular weight is 261 g/mol. The zero-order chi connectivity index (χ0) is 14.0. The molecule has 2 rings (SSSR count). The number of likely N-dealkylation sites (tertiary alicyclic amines) is 1. The van der Waals surface area contributed by atoms with Crippen LogP contribution >= 0.6 is 0 Å². The Morgan fingerprint density at radius 1 is 1.37 bits per heavy atom. The molecule has 1 atom stereocenters. The lowest BCUT2D eigenvalue weighted by molar-refractivity contribution is -0.138. The fraction of sp³-hybridized carbons (Fsp3) is 0.308. The fourth-order valence-electron chi connectivity index (χ4n) is 2.06. The SMILES string of the molecule is CCN1C(=O)CC(Nc2ccc(C(N)=O)cc2)C1=O. The van der Waals surface area contributed by atoms with Gasteiger partial charge in [-0.25, -0.2) is 0 Å². The molecule has 0 aromatic heterocycles. The summed E-state index contributed by atoms with van der Waals surface area (Å²) in [7, 11) is 0. The van der Waals surface area contributed by atoms with Crippen molar-refractivity contribution in [3.05, 3.63) is 29.8 Å².